The van der Waals surface area contributed by atoms with Crippen molar-refractivity contribution in [3.05, 3.63) is 69.6 Å². The van der Waals surface area contributed by atoms with Crippen molar-refractivity contribution >= 4 is 5.97 Å². The van der Waals surface area contributed by atoms with Crippen molar-refractivity contribution in [3.63, 3.8) is 0 Å². The average molecular weight is 257 g/mol. The van der Waals surface area contributed by atoms with E-state index < -0.39 is 5.97 Å². The maximum atomic E-state index is 11.9. The van der Waals surface area contributed by atoms with Crippen molar-refractivity contribution in [2.75, 3.05) is 0 Å². The number of aromatic nitrogens is 1. The molecule has 1 heterocycles. The fraction of sp³-hybridized carbons (Fsp3) is 0.200. The second kappa shape index (κ2) is 5.52. The number of aryl methyl sites for hydroxylation is 1. The van der Waals surface area contributed by atoms with Crippen molar-refractivity contribution in [3.8, 4) is 0 Å². The minimum Gasteiger partial charge on any atom is -0.481 e. The summed E-state index contributed by atoms with van der Waals surface area (Å²) in [5.74, 6) is -0.845. The summed E-state index contributed by atoms with van der Waals surface area (Å²) in [6.07, 6.45) is 1.77. The summed E-state index contributed by atoms with van der Waals surface area (Å²) in [4.78, 5) is 22.5. The van der Waals surface area contributed by atoms with E-state index >= 15 is 0 Å². The van der Waals surface area contributed by atoms with Crippen LogP contribution in [0.1, 0.15) is 16.7 Å². The third-order valence-corrected chi connectivity index (χ3v) is 2.94. The molecule has 0 aliphatic heterocycles. The van der Waals surface area contributed by atoms with Gasteiger partial charge in [0.2, 0.25) is 0 Å². The number of carboxylic acids is 1. The average Bonchev–Trinajstić information content (AvgIpc) is 2.37. The number of nitrogens with zero attached hydrogens (tertiary/aromatic N) is 1. The first kappa shape index (κ1) is 13.1. The Balaban J connectivity index is 2.18. The number of pyridine rings is 1. The Morgan fingerprint density at radius 3 is 2.42 bits per heavy atom. The first-order valence-electron chi connectivity index (χ1n) is 6.02. The van der Waals surface area contributed by atoms with Gasteiger partial charge in [0.25, 0.3) is 5.56 Å². The monoisotopic (exact) mass is 257 g/mol. The Bertz CT molecular complexity index is 641. The van der Waals surface area contributed by atoms with Crippen LogP contribution in [0.25, 0.3) is 0 Å². The Morgan fingerprint density at radius 2 is 1.79 bits per heavy atom. The summed E-state index contributed by atoms with van der Waals surface area (Å²) in [5, 5.41) is 8.69. The number of hydrogen-bond donors (Lipinski definition) is 1. The molecule has 2 aromatic rings. The quantitative estimate of drug-likeness (QED) is 0.909. The predicted molar refractivity (Wildman–Crippen MR) is 72.3 cm³/mol. The molecular weight excluding hydrogens is 242 g/mol. The Kier molecular flexibility index (Phi) is 3.80. The van der Waals surface area contributed by atoms with Crippen molar-refractivity contribution in [1.82, 2.24) is 4.57 Å². The lowest BCUT2D eigenvalue weighted by Crippen LogP contribution is -2.21. The molecule has 4 heteroatoms. The van der Waals surface area contributed by atoms with E-state index in [-0.39, 0.29) is 12.0 Å². The highest BCUT2D eigenvalue weighted by molar-refractivity contribution is 5.70. The van der Waals surface area contributed by atoms with E-state index in [1.54, 1.807) is 35.9 Å². The van der Waals surface area contributed by atoms with Crippen LogP contribution in [-0.2, 0) is 17.8 Å². The number of aliphatic carboxylic acids is 1. The van der Waals surface area contributed by atoms with E-state index in [1.807, 2.05) is 18.2 Å². The summed E-state index contributed by atoms with van der Waals surface area (Å²) < 4.78 is 1.64. The van der Waals surface area contributed by atoms with Crippen LogP contribution in [0, 0.1) is 6.92 Å². The fourth-order valence-electron chi connectivity index (χ4n) is 1.92. The Hall–Kier alpha value is -2.36. The lowest BCUT2D eigenvalue weighted by Gasteiger charge is -2.07. The van der Waals surface area contributed by atoms with E-state index in [2.05, 4.69) is 0 Å². The lowest BCUT2D eigenvalue weighted by atomic mass is 10.1. The predicted octanol–water partition coefficient (Wildman–Crippen LogP) is 1.83. The van der Waals surface area contributed by atoms with Crippen LogP contribution >= 0.6 is 0 Å². The highest BCUT2D eigenvalue weighted by Crippen LogP contribution is 2.06. The molecule has 98 valence electrons. The molecule has 1 aromatic heterocycles. The standard InChI is InChI=1S/C15H15NO3/c1-11-3-2-8-16(15(11)19)10-13-6-4-12(5-7-13)9-14(17)18/h2-8H,9-10H2,1H3,(H,17,18). The highest BCUT2D eigenvalue weighted by Gasteiger charge is 2.02. The Labute approximate surface area is 110 Å². The van der Waals surface area contributed by atoms with Crippen molar-refractivity contribution in [1.29, 1.82) is 0 Å². The minimum atomic E-state index is -0.845. The topological polar surface area (TPSA) is 59.3 Å². The first-order valence-corrected chi connectivity index (χ1v) is 6.02. The Morgan fingerprint density at radius 1 is 1.16 bits per heavy atom. The van der Waals surface area contributed by atoms with Gasteiger partial charge in [0.15, 0.2) is 0 Å². The maximum Gasteiger partial charge on any atom is 0.307 e. The van der Waals surface area contributed by atoms with Gasteiger partial charge in [-0.2, -0.15) is 0 Å². The molecule has 0 unspecified atom stereocenters. The maximum absolute atomic E-state index is 11.9. The van der Waals surface area contributed by atoms with Gasteiger partial charge in [-0.25, -0.2) is 0 Å². The van der Waals surface area contributed by atoms with Crippen LogP contribution < -0.4 is 5.56 Å². The zero-order valence-electron chi connectivity index (χ0n) is 10.7. The van der Waals surface area contributed by atoms with Gasteiger partial charge in [0, 0.05) is 11.8 Å². The molecule has 2 rings (SSSR count). The second-order valence-corrected chi connectivity index (χ2v) is 4.51. The summed E-state index contributed by atoms with van der Waals surface area (Å²) in [6, 6.07) is 10.9. The molecule has 0 saturated heterocycles. The number of hydrogen-bond acceptors (Lipinski definition) is 2. The molecule has 0 saturated carbocycles. The number of rotatable bonds is 4. The van der Waals surface area contributed by atoms with E-state index in [9.17, 15) is 9.59 Å². The summed E-state index contributed by atoms with van der Waals surface area (Å²) >= 11 is 0. The molecular formula is C15H15NO3. The van der Waals surface area contributed by atoms with Crippen LogP contribution in [0.3, 0.4) is 0 Å². The lowest BCUT2D eigenvalue weighted by molar-refractivity contribution is -0.136. The second-order valence-electron chi connectivity index (χ2n) is 4.51. The van der Waals surface area contributed by atoms with Gasteiger partial charge in [-0.05, 0) is 24.1 Å². The molecule has 0 spiro atoms. The van der Waals surface area contributed by atoms with Gasteiger partial charge in [0.1, 0.15) is 0 Å². The zero-order valence-corrected chi connectivity index (χ0v) is 10.7. The number of carbonyl (C=O) groups is 1. The normalized spacial score (nSPS) is 10.4. The molecule has 1 N–H and O–H groups in total. The molecule has 0 bridgehead atoms. The zero-order chi connectivity index (χ0) is 13.8. The van der Waals surface area contributed by atoms with Crippen molar-refractivity contribution in [2.45, 2.75) is 19.9 Å². The molecule has 0 aliphatic carbocycles. The van der Waals surface area contributed by atoms with E-state index in [0.29, 0.717) is 12.1 Å². The van der Waals surface area contributed by atoms with Gasteiger partial charge in [-0.15, -0.1) is 0 Å². The largest absolute Gasteiger partial charge is 0.481 e. The smallest absolute Gasteiger partial charge is 0.307 e. The van der Waals surface area contributed by atoms with Gasteiger partial charge < -0.3 is 9.67 Å². The molecule has 0 aliphatic rings. The first-order chi connectivity index (χ1) is 9.06. The van der Waals surface area contributed by atoms with Gasteiger partial charge in [-0.3, -0.25) is 9.59 Å². The van der Waals surface area contributed by atoms with Gasteiger partial charge in [-0.1, -0.05) is 30.3 Å². The van der Waals surface area contributed by atoms with Crippen LogP contribution in [-0.4, -0.2) is 15.6 Å². The van der Waals surface area contributed by atoms with E-state index in [1.165, 1.54) is 0 Å². The molecule has 0 atom stereocenters. The fourth-order valence-corrected chi connectivity index (χ4v) is 1.92. The molecule has 4 nitrogen and oxygen atoms in total. The summed E-state index contributed by atoms with van der Waals surface area (Å²) in [6.45, 7) is 2.28. The van der Waals surface area contributed by atoms with Crippen molar-refractivity contribution in [2.24, 2.45) is 0 Å². The number of benzene rings is 1. The summed E-state index contributed by atoms with van der Waals surface area (Å²) in [7, 11) is 0. The third kappa shape index (κ3) is 3.31. The molecule has 1 aromatic carbocycles. The van der Waals surface area contributed by atoms with E-state index in [0.717, 1.165) is 11.1 Å². The SMILES string of the molecule is Cc1cccn(Cc2ccc(CC(=O)O)cc2)c1=O. The van der Waals surface area contributed by atoms with Crippen molar-refractivity contribution < 1.29 is 9.90 Å². The highest BCUT2D eigenvalue weighted by atomic mass is 16.4. The van der Waals surface area contributed by atoms with E-state index in [4.69, 9.17) is 5.11 Å². The number of carboxylic acid groups (broad SMARTS) is 1. The van der Waals surface area contributed by atoms with Gasteiger partial charge >= 0.3 is 5.97 Å². The molecule has 19 heavy (non-hydrogen) atoms. The molecule has 0 fully saturated rings. The molecule has 0 radical (unpaired) electrons. The minimum absolute atomic E-state index is 0.00267. The third-order valence-electron chi connectivity index (χ3n) is 2.94. The summed E-state index contributed by atoms with van der Waals surface area (Å²) in [5.41, 5.74) is 2.44. The van der Waals surface area contributed by atoms with Crippen LogP contribution in [0.5, 0.6) is 0 Å². The van der Waals surface area contributed by atoms with Crippen LogP contribution in [0.15, 0.2) is 47.4 Å². The van der Waals surface area contributed by atoms with Crippen LogP contribution in [0.4, 0.5) is 0 Å². The molecule has 0 amide bonds. The van der Waals surface area contributed by atoms with Gasteiger partial charge in [0.05, 0.1) is 13.0 Å². The van der Waals surface area contributed by atoms with Crippen LogP contribution in [0.2, 0.25) is 0 Å².